The van der Waals surface area contributed by atoms with E-state index >= 15 is 0 Å². The lowest BCUT2D eigenvalue weighted by Gasteiger charge is -2.14. The van der Waals surface area contributed by atoms with Crippen molar-refractivity contribution in [3.05, 3.63) is 41.6 Å². The minimum Gasteiger partial charge on any atom is -0.496 e. The molecule has 29 heavy (non-hydrogen) atoms. The van der Waals surface area contributed by atoms with Gasteiger partial charge in [0.05, 0.1) is 38.5 Å². The molecule has 0 aliphatic rings. The third-order valence-corrected chi connectivity index (χ3v) is 4.45. The minimum atomic E-state index is -0.416. The second-order valence-electron chi connectivity index (χ2n) is 6.43. The van der Waals surface area contributed by atoms with Crippen LogP contribution in [0.25, 0.3) is 11.0 Å². The fourth-order valence-electron chi connectivity index (χ4n) is 2.97. The molecule has 2 heterocycles. The smallest absolute Gasteiger partial charge is 0.337 e. The average Bonchev–Trinajstić information content (AvgIpc) is 3.13. The Hall–Kier alpha value is -3.33. The van der Waals surface area contributed by atoms with E-state index in [9.17, 15) is 4.79 Å². The average molecular weight is 399 g/mol. The summed E-state index contributed by atoms with van der Waals surface area (Å²) in [4.78, 5) is 25.9. The van der Waals surface area contributed by atoms with E-state index in [1.807, 2.05) is 22.9 Å². The molecule has 0 radical (unpaired) electrons. The molecule has 2 aromatic heterocycles. The summed E-state index contributed by atoms with van der Waals surface area (Å²) < 4.78 is 12.2. The SMILES string of the molecule is CCCCONc1nc(N)nc2ccn(Cc3ccc(C(=O)OC)cc3OC)c12. The number of carbonyl (C=O) groups excluding carboxylic acids is 1. The van der Waals surface area contributed by atoms with E-state index < -0.39 is 5.97 Å². The highest BCUT2D eigenvalue weighted by atomic mass is 16.6. The van der Waals surface area contributed by atoms with Crippen LogP contribution in [0, 0.1) is 0 Å². The zero-order valence-corrected chi connectivity index (χ0v) is 16.8. The van der Waals surface area contributed by atoms with Gasteiger partial charge in [0.15, 0.2) is 5.82 Å². The summed E-state index contributed by atoms with van der Waals surface area (Å²) in [5, 5.41) is 0. The number of nitrogens with zero attached hydrogens (tertiary/aromatic N) is 3. The van der Waals surface area contributed by atoms with E-state index in [1.165, 1.54) is 7.11 Å². The van der Waals surface area contributed by atoms with Gasteiger partial charge in [-0.2, -0.15) is 4.98 Å². The number of hydrogen-bond donors (Lipinski definition) is 2. The molecule has 0 aliphatic carbocycles. The van der Waals surface area contributed by atoms with Crippen molar-refractivity contribution in [2.45, 2.75) is 26.3 Å². The van der Waals surface area contributed by atoms with Crippen LogP contribution in [0.4, 0.5) is 11.8 Å². The third-order valence-electron chi connectivity index (χ3n) is 4.45. The molecule has 1 aromatic carbocycles. The summed E-state index contributed by atoms with van der Waals surface area (Å²) >= 11 is 0. The highest BCUT2D eigenvalue weighted by Crippen LogP contribution is 2.27. The fourth-order valence-corrected chi connectivity index (χ4v) is 2.97. The van der Waals surface area contributed by atoms with Crippen LogP contribution in [0.3, 0.4) is 0 Å². The van der Waals surface area contributed by atoms with Gasteiger partial charge >= 0.3 is 5.97 Å². The first-order valence-electron chi connectivity index (χ1n) is 9.32. The Morgan fingerprint density at radius 1 is 1.24 bits per heavy atom. The van der Waals surface area contributed by atoms with Gasteiger partial charge in [-0.15, -0.1) is 0 Å². The summed E-state index contributed by atoms with van der Waals surface area (Å²) in [6, 6.07) is 7.06. The Kier molecular flexibility index (Phi) is 6.50. The van der Waals surface area contributed by atoms with Crippen LogP contribution in [-0.2, 0) is 16.1 Å². The topological polar surface area (TPSA) is 114 Å². The molecule has 0 bridgehead atoms. The molecular formula is C20H25N5O4. The highest BCUT2D eigenvalue weighted by Gasteiger charge is 2.15. The number of anilines is 2. The van der Waals surface area contributed by atoms with Crippen molar-refractivity contribution in [2.24, 2.45) is 0 Å². The lowest BCUT2D eigenvalue weighted by molar-refractivity contribution is 0.0600. The number of nitrogens with one attached hydrogen (secondary N) is 1. The first-order valence-corrected chi connectivity index (χ1v) is 9.32. The monoisotopic (exact) mass is 399 g/mol. The van der Waals surface area contributed by atoms with Gasteiger partial charge in [0.25, 0.3) is 0 Å². The zero-order valence-electron chi connectivity index (χ0n) is 16.8. The van der Waals surface area contributed by atoms with Crippen LogP contribution in [0.2, 0.25) is 0 Å². The van der Waals surface area contributed by atoms with Gasteiger partial charge in [-0.25, -0.2) is 15.3 Å². The van der Waals surface area contributed by atoms with E-state index in [1.54, 1.807) is 19.2 Å². The largest absolute Gasteiger partial charge is 0.496 e. The van der Waals surface area contributed by atoms with Crippen LogP contribution in [-0.4, -0.2) is 41.3 Å². The lowest BCUT2D eigenvalue weighted by atomic mass is 10.1. The third kappa shape index (κ3) is 4.57. The van der Waals surface area contributed by atoms with Crippen molar-refractivity contribution in [2.75, 3.05) is 32.0 Å². The number of unbranched alkanes of at least 4 members (excludes halogenated alkanes) is 1. The molecule has 0 aliphatic heterocycles. The van der Waals surface area contributed by atoms with Crippen LogP contribution in [0.15, 0.2) is 30.5 Å². The fraction of sp³-hybridized carbons (Fsp3) is 0.350. The first kappa shape index (κ1) is 20.4. The van der Waals surface area contributed by atoms with E-state index in [0.29, 0.717) is 35.8 Å². The number of rotatable bonds is 9. The highest BCUT2D eigenvalue weighted by molar-refractivity contribution is 5.90. The molecule has 154 valence electrons. The molecule has 0 atom stereocenters. The molecule has 0 saturated heterocycles. The molecule has 0 spiro atoms. The number of aromatic nitrogens is 3. The number of methoxy groups -OCH3 is 2. The van der Waals surface area contributed by atoms with Gasteiger partial charge in [0.1, 0.15) is 11.3 Å². The maximum absolute atomic E-state index is 11.8. The number of nitrogen functional groups attached to an aromatic ring is 1. The minimum absolute atomic E-state index is 0.164. The maximum atomic E-state index is 11.8. The number of hydrogen-bond acceptors (Lipinski definition) is 8. The molecule has 9 heteroatoms. The molecule has 3 N–H and O–H groups in total. The predicted octanol–water partition coefficient (Wildman–Crippen LogP) is 3.00. The molecule has 9 nitrogen and oxygen atoms in total. The second-order valence-corrected chi connectivity index (χ2v) is 6.43. The van der Waals surface area contributed by atoms with E-state index in [0.717, 1.165) is 23.9 Å². The molecule has 0 unspecified atom stereocenters. The predicted molar refractivity (Wildman–Crippen MR) is 110 cm³/mol. The normalized spacial score (nSPS) is 10.9. The molecule has 0 saturated carbocycles. The Labute approximate surface area is 168 Å². The lowest BCUT2D eigenvalue weighted by Crippen LogP contribution is -2.10. The summed E-state index contributed by atoms with van der Waals surface area (Å²) in [6.07, 6.45) is 3.85. The number of carbonyl (C=O) groups is 1. The Morgan fingerprint density at radius 2 is 2.07 bits per heavy atom. The van der Waals surface area contributed by atoms with Crippen LogP contribution < -0.4 is 16.0 Å². The number of fused-ring (bicyclic) bond motifs is 1. The number of benzene rings is 1. The summed E-state index contributed by atoms with van der Waals surface area (Å²) in [6.45, 7) is 3.13. The molecule has 0 fully saturated rings. The zero-order chi connectivity index (χ0) is 20.8. The molecule has 0 amide bonds. The van der Waals surface area contributed by atoms with Crippen molar-refractivity contribution < 1.29 is 19.1 Å². The van der Waals surface area contributed by atoms with Gasteiger partial charge < -0.3 is 19.8 Å². The quantitative estimate of drug-likeness (QED) is 0.321. The summed E-state index contributed by atoms with van der Waals surface area (Å²) in [5.41, 5.74) is 11.5. The van der Waals surface area contributed by atoms with Gasteiger partial charge in [-0.1, -0.05) is 19.4 Å². The standard InChI is InChI=1S/C20H25N5O4/c1-4-5-10-29-24-18-17-15(22-20(21)23-18)8-9-25(17)12-14-7-6-13(19(26)28-3)11-16(14)27-2/h6-9,11H,4-5,10,12H2,1-3H3,(H3,21,22,23,24). The van der Waals surface area contributed by atoms with Gasteiger partial charge in [0, 0.05) is 11.8 Å². The summed E-state index contributed by atoms with van der Waals surface area (Å²) in [7, 11) is 2.91. The molecule has 3 rings (SSSR count). The van der Waals surface area contributed by atoms with Crippen molar-refractivity contribution in [1.82, 2.24) is 14.5 Å². The second kappa shape index (κ2) is 9.24. The molecular weight excluding hydrogens is 374 g/mol. The summed E-state index contributed by atoms with van der Waals surface area (Å²) in [5.74, 6) is 0.830. The van der Waals surface area contributed by atoms with Crippen LogP contribution in [0.5, 0.6) is 5.75 Å². The Bertz CT molecular complexity index is 1000. The van der Waals surface area contributed by atoms with Crippen molar-refractivity contribution >= 4 is 28.8 Å². The van der Waals surface area contributed by atoms with E-state index in [-0.39, 0.29) is 5.95 Å². The van der Waals surface area contributed by atoms with Crippen LogP contribution >= 0.6 is 0 Å². The Morgan fingerprint density at radius 3 is 2.79 bits per heavy atom. The van der Waals surface area contributed by atoms with E-state index in [4.69, 9.17) is 20.0 Å². The van der Waals surface area contributed by atoms with Crippen LogP contribution in [0.1, 0.15) is 35.7 Å². The van der Waals surface area contributed by atoms with Gasteiger partial charge in [-0.05, 0) is 24.6 Å². The number of nitrogens with two attached hydrogens (primary N) is 1. The van der Waals surface area contributed by atoms with E-state index in [2.05, 4.69) is 22.4 Å². The van der Waals surface area contributed by atoms with Crippen molar-refractivity contribution in [3.63, 3.8) is 0 Å². The Balaban J connectivity index is 1.93. The van der Waals surface area contributed by atoms with Crippen molar-refractivity contribution in [1.29, 1.82) is 0 Å². The van der Waals surface area contributed by atoms with Gasteiger partial charge in [0.2, 0.25) is 5.95 Å². The number of esters is 1. The number of ether oxygens (including phenoxy) is 2. The first-order chi connectivity index (χ1) is 14.1. The van der Waals surface area contributed by atoms with Gasteiger partial charge in [-0.3, -0.25) is 4.84 Å². The molecule has 3 aromatic rings. The maximum Gasteiger partial charge on any atom is 0.337 e. The van der Waals surface area contributed by atoms with Crippen molar-refractivity contribution in [3.8, 4) is 5.75 Å².